The molecule has 0 spiro atoms. The van der Waals surface area contributed by atoms with Crippen LogP contribution in [0.15, 0.2) is 0 Å². The number of ether oxygens (including phenoxy) is 1. The van der Waals surface area contributed by atoms with Crippen LogP contribution in [-0.2, 0) is 4.74 Å². The molecule has 3 nitrogen and oxygen atoms in total. The molecule has 17 heavy (non-hydrogen) atoms. The molecule has 0 bridgehead atoms. The van der Waals surface area contributed by atoms with Gasteiger partial charge < -0.3 is 15.2 Å². The highest BCUT2D eigenvalue weighted by Gasteiger charge is 2.31. The number of unbranched alkanes of at least 4 members (excludes halogenated alkanes) is 2. The van der Waals surface area contributed by atoms with Crippen LogP contribution >= 0.6 is 0 Å². The average molecular weight is 243 g/mol. The Morgan fingerprint density at radius 3 is 2.53 bits per heavy atom. The van der Waals surface area contributed by atoms with Crippen LogP contribution in [0.1, 0.15) is 58.8 Å². The first kappa shape index (κ1) is 14.9. The van der Waals surface area contributed by atoms with E-state index in [-0.39, 0.29) is 12.1 Å². The summed E-state index contributed by atoms with van der Waals surface area (Å²) < 4.78 is 5.53. The number of rotatable bonds is 11. The van der Waals surface area contributed by atoms with Gasteiger partial charge in [-0.1, -0.05) is 13.3 Å². The lowest BCUT2D eigenvalue weighted by Gasteiger charge is -2.29. The molecule has 0 aromatic carbocycles. The summed E-state index contributed by atoms with van der Waals surface area (Å²) in [5, 5.41) is 13.0. The van der Waals surface area contributed by atoms with Gasteiger partial charge in [0.15, 0.2) is 0 Å². The van der Waals surface area contributed by atoms with Gasteiger partial charge in [-0.2, -0.15) is 0 Å². The molecule has 0 heterocycles. The largest absolute Gasteiger partial charge is 0.394 e. The molecule has 1 saturated carbocycles. The highest BCUT2D eigenvalue weighted by molar-refractivity contribution is 4.92. The Morgan fingerprint density at radius 1 is 1.24 bits per heavy atom. The normalized spacial score (nSPS) is 19.2. The highest BCUT2D eigenvalue weighted by atomic mass is 16.5. The second kappa shape index (κ2) is 8.06. The molecular formula is C14H29NO2. The van der Waals surface area contributed by atoms with Crippen LogP contribution in [0.5, 0.6) is 0 Å². The van der Waals surface area contributed by atoms with E-state index in [1.54, 1.807) is 0 Å². The van der Waals surface area contributed by atoms with E-state index in [0.29, 0.717) is 6.04 Å². The monoisotopic (exact) mass is 243 g/mol. The number of hydrogen-bond acceptors (Lipinski definition) is 3. The van der Waals surface area contributed by atoms with E-state index in [1.807, 2.05) is 0 Å². The molecule has 1 aliphatic rings. The van der Waals surface area contributed by atoms with Crippen molar-refractivity contribution in [1.29, 1.82) is 0 Å². The standard InChI is InChI=1S/C14H29NO2/c1-3-4-10-17-11-6-5-9-14(2,12-16)15-13-7-8-13/h13,15-16H,3-12H2,1-2H3. The topological polar surface area (TPSA) is 41.5 Å². The Labute approximate surface area is 106 Å². The van der Waals surface area contributed by atoms with Gasteiger partial charge in [-0.25, -0.2) is 0 Å². The maximum atomic E-state index is 9.44. The Morgan fingerprint density at radius 2 is 1.94 bits per heavy atom. The third kappa shape index (κ3) is 7.02. The summed E-state index contributed by atoms with van der Waals surface area (Å²) in [6.07, 6.45) is 8.18. The molecule has 1 fully saturated rings. The third-order valence-electron chi connectivity index (χ3n) is 3.39. The molecular weight excluding hydrogens is 214 g/mol. The Hall–Kier alpha value is -0.120. The third-order valence-corrected chi connectivity index (χ3v) is 3.39. The van der Waals surface area contributed by atoms with Gasteiger partial charge in [0.05, 0.1) is 6.61 Å². The SMILES string of the molecule is CCCCOCCCCC(C)(CO)NC1CC1. The van der Waals surface area contributed by atoms with Gasteiger partial charge in [-0.05, 0) is 45.4 Å². The van der Waals surface area contributed by atoms with Crippen molar-refractivity contribution in [2.24, 2.45) is 0 Å². The van der Waals surface area contributed by atoms with Crippen LogP contribution < -0.4 is 5.32 Å². The van der Waals surface area contributed by atoms with Crippen LogP contribution in [0.25, 0.3) is 0 Å². The minimum absolute atomic E-state index is 0.0788. The van der Waals surface area contributed by atoms with Gasteiger partial charge in [0.2, 0.25) is 0 Å². The van der Waals surface area contributed by atoms with Crippen molar-refractivity contribution in [1.82, 2.24) is 5.32 Å². The van der Waals surface area contributed by atoms with E-state index in [9.17, 15) is 5.11 Å². The maximum absolute atomic E-state index is 9.44. The Kier molecular flexibility index (Phi) is 7.09. The van der Waals surface area contributed by atoms with Gasteiger partial charge in [0, 0.05) is 24.8 Å². The number of aliphatic hydroxyl groups is 1. The summed E-state index contributed by atoms with van der Waals surface area (Å²) in [5.74, 6) is 0. The van der Waals surface area contributed by atoms with Crippen LogP contribution in [0.2, 0.25) is 0 Å². The van der Waals surface area contributed by atoms with Crippen molar-refractivity contribution in [3.63, 3.8) is 0 Å². The maximum Gasteiger partial charge on any atom is 0.0610 e. The van der Waals surface area contributed by atoms with Crippen molar-refractivity contribution in [3.8, 4) is 0 Å². The fraction of sp³-hybridized carbons (Fsp3) is 1.00. The lowest BCUT2D eigenvalue weighted by Crippen LogP contribution is -2.46. The number of aliphatic hydroxyl groups excluding tert-OH is 1. The molecule has 0 aliphatic heterocycles. The van der Waals surface area contributed by atoms with Gasteiger partial charge >= 0.3 is 0 Å². The lowest BCUT2D eigenvalue weighted by atomic mass is 9.95. The van der Waals surface area contributed by atoms with Crippen LogP contribution in [0.3, 0.4) is 0 Å². The molecule has 2 N–H and O–H groups in total. The molecule has 1 unspecified atom stereocenters. The predicted octanol–water partition coefficient (Wildman–Crippen LogP) is 2.48. The molecule has 1 atom stereocenters. The second-order valence-electron chi connectivity index (χ2n) is 5.56. The first-order chi connectivity index (χ1) is 8.20. The molecule has 3 heteroatoms. The van der Waals surface area contributed by atoms with E-state index in [1.165, 1.54) is 19.3 Å². The highest BCUT2D eigenvalue weighted by Crippen LogP contribution is 2.24. The molecule has 1 rings (SSSR count). The summed E-state index contributed by atoms with van der Waals surface area (Å²) in [4.78, 5) is 0. The van der Waals surface area contributed by atoms with Crippen molar-refractivity contribution in [2.75, 3.05) is 19.8 Å². The zero-order chi connectivity index (χ0) is 12.6. The van der Waals surface area contributed by atoms with Crippen LogP contribution in [0, 0.1) is 0 Å². The first-order valence-electron chi connectivity index (χ1n) is 7.16. The summed E-state index contributed by atoms with van der Waals surface area (Å²) in [6.45, 7) is 6.31. The smallest absolute Gasteiger partial charge is 0.0610 e. The van der Waals surface area contributed by atoms with Gasteiger partial charge in [0.1, 0.15) is 0 Å². The molecule has 0 radical (unpaired) electrons. The first-order valence-corrected chi connectivity index (χ1v) is 7.16. The van der Waals surface area contributed by atoms with E-state index in [4.69, 9.17) is 4.74 Å². The van der Waals surface area contributed by atoms with Crippen molar-refractivity contribution < 1.29 is 9.84 Å². The molecule has 102 valence electrons. The van der Waals surface area contributed by atoms with Gasteiger partial charge in [-0.3, -0.25) is 0 Å². The number of hydrogen-bond donors (Lipinski definition) is 2. The summed E-state index contributed by atoms with van der Waals surface area (Å²) >= 11 is 0. The summed E-state index contributed by atoms with van der Waals surface area (Å²) in [7, 11) is 0. The van der Waals surface area contributed by atoms with Crippen molar-refractivity contribution in [2.45, 2.75) is 70.4 Å². The Balaban J connectivity index is 1.98. The van der Waals surface area contributed by atoms with Gasteiger partial charge in [0.25, 0.3) is 0 Å². The van der Waals surface area contributed by atoms with E-state index < -0.39 is 0 Å². The van der Waals surface area contributed by atoms with Crippen molar-refractivity contribution in [3.05, 3.63) is 0 Å². The van der Waals surface area contributed by atoms with Crippen LogP contribution in [0.4, 0.5) is 0 Å². The average Bonchev–Trinajstić information content (AvgIpc) is 3.12. The zero-order valence-corrected chi connectivity index (χ0v) is 11.5. The zero-order valence-electron chi connectivity index (χ0n) is 11.5. The predicted molar refractivity (Wildman–Crippen MR) is 71.2 cm³/mol. The van der Waals surface area contributed by atoms with Gasteiger partial charge in [-0.15, -0.1) is 0 Å². The summed E-state index contributed by atoms with van der Waals surface area (Å²) in [6, 6.07) is 0.660. The van der Waals surface area contributed by atoms with E-state index in [2.05, 4.69) is 19.2 Å². The van der Waals surface area contributed by atoms with Crippen molar-refractivity contribution >= 4 is 0 Å². The molecule has 0 aromatic rings. The Bertz CT molecular complexity index is 195. The van der Waals surface area contributed by atoms with Crippen LogP contribution in [-0.4, -0.2) is 36.5 Å². The molecule has 0 amide bonds. The quantitative estimate of drug-likeness (QED) is 0.548. The van der Waals surface area contributed by atoms with E-state index in [0.717, 1.165) is 38.9 Å². The second-order valence-corrected chi connectivity index (χ2v) is 5.56. The van der Waals surface area contributed by atoms with E-state index >= 15 is 0 Å². The fourth-order valence-corrected chi connectivity index (χ4v) is 1.99. The molecule has 0 saturated heterocycles. The molecule has 0 aromatic heterocycles. The fourth-order valence-electron chi connectivity index (χ4n) is 1.99. The molecule has 1 aliphatic carbocycles. The minimum Gasteiger partial charge on any atom is -0.394 e. The summed E-state index contributed by atoms with van der Waals surface area (Å²) in [5.41, 5.74) is -0.0788. The number of nitrogens with one attached hydrogen (secondary N) is 1. The minimum atomic E-state index is -0.0788. The lowest BCUT2D eigenvalue weighted by molar-refractivity contribution is 0.119.